The lowest BCUT2D eigenvalue weighted by Crippen LogP contribution is -2.24. The van der Waals surface area contributed by atoms with E-state index in [1.165, 1.54) is 0 Å². The first-order valence-electron chi connectivity index (χ1n) is 8.34. The van der Waals surface area contributed by atoms with Crippen molar-refractivity contribution in [1.82, 2.24) is 19.7 Å². The van der Waals surface area contributed by atoms with E-state index in [1.54, 1.807) is 12.3 Å². The average molecular weight is 363 g/mol. The van der Waals surface area contributed by atoms with Gasteiger partial charge in [-0.1, -0.05) is 29.8 Å². The standard InChI is InChI=1S/C20H15ClN4O/c1-20(2)13-7-6-11(12-9-22-23-10-12)8-16(13)25-15-5-3-4-14(21)17(15)18(26)24-19(20)25/h3-10H,1-2H3,(H,22,23). The Bertz CT molecular complexity index is 1240. The molecule has 5 rings (SSSR count). The number of H-pyrrole nitrogens is 1. The SMILES string of the molecule is CC1(C)c2ccc(-c3cn[nH]c3)cc2-n2c1nc(=O)c1c(Cl)cccc12. The largest absolute Gasteiger partial charge is 0.296 e. The molecule has 0 aliphatic carbocycles. The Morgan fingerprint density at radius 2 is 2.00 bits per heavy atom. The molecule has 0 bridgehead atoms. The minimum atomic E-state index is -0.375. The molecule has 0 unspecified atom stereocenters. The Morgan fingerprint density at radius 3 is 2.77 bits per heavy atom. The van der Waals surface area contributed by atoms with Crippen molar-refractivity contribution in [2.24, 2.45) is 0 Å². The van der Waals surface area contributed by atoms with Crippen molar-refractivity contribution in [2.45, 2.75) is 19.3 Å². The normalized spacial score (nSPS) is 14.4. The molecule has 2 aromatic heterocycles. The Balaban J connectivity index is 1.92. The summed E-state index contributed by atoms with van der Waals surface area (Å²) < 4.78 is 2.06. The van der Waals surface area contributed by atoms with Crippen molar-refractivity contribution < 1.29 is 0 Å². The molecule has 128 valence electrons. The van der Waals surface area contributed by atoms with E-state index in [4.69, 9.17) is 11.6 Å². The van der Waals surface area contributed by atoms with Gasteiger partial charge in [-0.15, -0.1) is 0 Å². The van der Waals surface area contributed by atoms with E-state index in [0.717, 1.165) is 33.7 Å². The smallest absolute Gasteiger partial charge is 0.282 e. The van der Waals surface area contributed by atoms with Gasteiger partial charge in [0.1, 0.15) is 5.82 Å². The number of aromatic amines is 1. The van der Waals surface area contributed by atoms with E-state index in [-0.39, 0.29) is 11.0 Å². The van der Waals surface area contributed by atoms with Crippen LogP contribution in [0.2, 0.25) is 5.02 Å². The van der Waals surface area contributed by atoms with Crippen molar-refractivity contribution in [2.75, 3.05) is 0 Å². The topological polar surface area (TPSA) is 63.6 Å². The van der Waals surface area contributed by atoms with E-state index in [9.17, 15) is 4.79 Å². The maximum atomic E-state index is 12.6. The molecule has 1 aliphatic rings. The van der Waals surface area contributed by atoms with Crippen LogP contribution in [0, 0.1) is 0 Å². The average Bonchev–Trinajstić information content (AvgIpc) is 3.21. The van der Waals surface area contributed by atoms with Gasteiger partial charge in [0.2, 0.25) is 0 Å². The van der Waals surface area contributed by atoms with Gasteiger partial charge in [0, 0.05) is 11.8 Å². The molecule has 1 aliphatic heterocycles. The molecule has 0 amide bonds. The van der Waals surface area contributed by atoms with Gasteiger partial charge in [0.15, 0.2) is 0 Å². The summed E-state index contributed by atoms with van der Waals surface area (Å²) in [6.07, 6.45) is 3.66. The van der Waals surface area contributed by atoms with E-state index in [0.29, 0.717) is 10.4 Å². The molecule has 3 heterocycles. The van der Waals surface area contributed by atoms with Crippen molar-refractivity contribution in [3.05, 3.63) is 75.6 Å². The zero-order valence-corrected chi connectivity index (χ0v) is 15.0. The van der Waals surface area contributed by atoms with Gasteiger partial charge >= 0.3 is 0 Å². The molecule has 0 saturated heterocycles. The molecule has 6 heteroatoms. The van der Waals surface area contributed by atoms with Crippen LogP contribution in [0.1, 0.15) is 25.2 Å². The van der Waals surface area contributed by atoms with Gasteiger partial charge in [0.25, 0.3) is 5.56 Å². The van der Waals surface area contributed by atoms with Crippen LogP contribution in [0.15, 0.2) is 53.6 Å². The predicted molar refractivity (Wildman–Crippen MR) is 102 cm³/mol. The summed E-state index contributed by atoms with van der Waals surface area (Å²) in [5.74, 6) is 0.733. The van der Waals surface area contributed by atoms with Crippen molar-refractivity contribution in [3.63, 3.8) is 0 Å². The molecule has 5 nitrogen and oxygen atoms in total. The minimum absolute atomic E-state index is 0.284. The number of aromatic nitrogens is 4. The number of benzene rings is 2. The highest BCUT2D eigenvalue weighted by Gasteiger charge is 2.38. The van der Waals surface area contributed by atoms with Crippen LogP contribution in [0.4, 0.5) is 0 Å². The maximum Gasteiger partial charge on any atom is 0.282 e. The van der Waals surface area contributed by atoms with E-state index in [1.807, 2.05) is 18.3 Å². The van der Waals surface area contributed by atoms with Crippen LogP contribution in [-0.4, -0.2) is 19.7 Å². The lowest BCUT2D eigenvalue weighted by molar-refractivity contribution is 0.610. The number of nitrogens with zero attached hydrogens (tertiary/aromatic N) is 3. The van der Waals surface area contributed by atoms with Crippen LogP contribution in [0.3, 0.4) is 0 Å². The fourth-order valence-corrected chi connectivity index (χ4v) is 4.09. The predicted octanol–water partition coefficient (Wildman–Crippen LogP) is 4.07. The lowest BCUT2D eigenvalue weighted by atomic mass is 9.85. The summed E-state index contributed by atoms with van der Waals surface area (Å²) in [6, 6.07) is 11.8. The van der Waals surface area contributed by atoms with E-state index < -0.39 is 0 Å². The van der Waals surface area contributed by atoms with Crippen LogP contribution in [-0.2, 0) is 5.41 Å². The maximum absolute atomic E-state index is 12.6. The quantitative estimate of drug-likeness (QED) is 0.555. The molecule has 4 aromatic rings. The Labute approximate surface area is 154 Å². The second-order valence-corrected chi connectivity index (χ2v) is 7.46. The molecule has 1 N–H and O–H groups in total. The molecule has 2 aromatic carbocycles. The summed E-state index contributed by atoms with van der Waals surface area (Å²) in [6.45, 7) is 4.18. The van der Waals surface area contributed by atoms with Crippen molar-refractivity contribution in [1.29, 1.82) is 0 Å². The molecule has 0 spiro atoms. The van der Waals surface area contributed by atoms with Crippen molar-refractivity contribution >= 4 is 22.5 Å². The Kier molecular flexibility index (Phi) is 2.98. The second kappa shape index (κ2) is 5.05. The molecule has 0 atom stereocenters. The number of fused-ring (bicyclic) bond motifs is 5. The van der Waals surface area contributed by atoms with Gasteiger partial charge in [-0.05, 0) is 43.2 Å². The molecule has 0 radical (unpaired) electrons. The van der Waals surface area contributed by atoms with Crippen LogP contribution in [0.25, 0.3) is 27.7 Å². The number of hydrogen-bond donors (Lipinski definition) is 1. The van der Waals surface area contributed by atoms with Gasteiger partial charge in [0.05, 0.1) is 33.2 Å². The summed E-state index contributed by atoms with van der Waals surface area (Å²) in [5, 5.41) is 7.76. The van der Waals surface area contributed by atoms with Crippen LogP contribution >= 0.6 is 11.6 Å². The lowest BCUT2D eigenvalue weighted by Gasteiger charge is -2.18. The van der Waals surface area contributed by atoms with Gasteiger partial charge < -0.3 is 0 Å². The zero-order chi connectivity index (χ0) is 18.1. The fraction of sp³-hybridized carbons (Fsp3) is 0.150. The Morgan fingerprint density at radius 1 is 1.15 bits per heavy atom. The number of nitrogens with one attached hydrogen (secondary N) is 1. The molecular formula is C20H15ClN4O. The number of hydrogen-bond acceptors (Lipinski definition) is 3. The highest BCUT2D eigenvalue weighted by molar-refractivity contribution is 6.35. The first-order valence-corrected chi connectivity index (χ1v) is 8.72. The first kappa shape index (κ1) is 15.3. The third-order valence-electron chi connectivity index (χ3n) is 5.17. The minimum Gasteiger partial charge on any atom is -0.296 e. The van der Waals surface area contributed by atoms with Gasteiger partial charge in [-0.25, -0.2) is 0 Å². The van der Waals surface area contributed by atoms with E-state index >= 15 is 0 Å². The highest BCUT2D eigenvalue weighted by atomic mass is 35.5. The molecular weight excluding hydrogens is 348 g/mol. The van der Waals surface area contributed by atoms with E-state index in [2.05, 4.69) is 51.8 Å². The number of rotatable bonds is 1. The summed E-state index contributed by atoms with van der Waals surface area (Å²) >= 11 is 6.31. The second-order valence-electron chi connectivity index (χ2n) is 7.05. The number of halogens is 1. The zero-order valence-electron chi connectivity index (χ0n) is 14.2. The third-order valence-corrected chi connectivity index (χ3v) is 5.48. The summed E-state index contributed by atoms with van der Waals surface area (Å²) in [5.41, 5.74) is 4.33. The molecule has 0 fully saturated rings. The molecule has 26 heavy (non-hydrogen) atoms. The summed E-state index contributed by atoms with van der Waals surface area (Å²) in [7, 11) is 0. The highest BCUT2D eigenvalue weighted by Crippen LogP contribution is 2.44. The van der Waals surface area contributed by atoms with Gasteiger partial charge in [-0.3, -0.25) is 14.5 Å². The first-order chi connectivity index (χ1) is 12.5. The Hall–Kier alpha value is -2.92. The third kappa shape index (κ3) is 1.89. The van der Waals surface area contributed by atoms with Crippen LogP contribution in [0.5, 0.6) is 0 Å². The van der Waals surface area contributed by atoms with Gasteiger partial charge in [-0.2, -0.15) is 10.1 Å². The molecule has 0 saturated carbocycles. The monoisotopic (exact) mass is 362 g/mol. The van der Waals surface area contributed by atoms with Crippen LogP contribution < -0.4 is 5.56 Å². The fourth-order valence-electron chi connectivity index (χ4n) is 3.84. The van der Waals surface area contributed by atoms with Crippen molar-refractivity contribution in [3.8, 4) is 16.8 Å². The summed E-state index contributed by atoms with van der Waals surface area (Å²) in [4.78, 5) is 17.0.